The van der Waals surface area contributed by atoms with Crippen LogP contribution in [0.5, 0.6) is 5.75 Å². The molecule has 0 heterocycles. The van der Waals surface area contributed by atoms with E-state index < -0.39 is 5.41 Å². The lowest BCUT2D eigenvalue weighted by atomic mass is 9.93. The lowest BCUT2D eigenvalue weighted by Crippen LogP contribution is -2.32. The van der Waals surface area contributed by atoms with Crippen LogP contribution in [0, 0.1) is 19.3 Å². The summed E-state index contributed by atoms with van der Waals surface area (Å²) in [6.07, 6.45) is 0.777. The second-order valence-corrected chi connectivity index (χ2v) is 7.83. The molecule has 0 N–H and O–H groups in total. The van der Waals surface area contributed by atoms with Crippen LogP contribution in [0.3, 0.4) is 0 Å². The highest BCUT2D eigenvalue weighted by molar-refractivity contribution is 5.96. The summed E-state index contributed by atoms with van der Waals surface area (Å²) < 4.78 is 11.1. The summed E-state index contributed by atoms with van der Waals surface area (Å²) in [6, 6.07) is 9.99. The Balaban J connectivity index is 2.50. The topological polar surface area (TPSA) is 52.6 Å². The lowest BCUT2D eigenvalue weighted by Gasteiger charge is -2.24. The van der Waals surface area contributed by atoms with Crippen molar-refractivity contribution in [1.82, 2.24) is 0 Å². The molecule has 0 bridgehead atoms. The molecule has 2 aromatic rings. The molecule has 0 saturated carbocycles. The first-order valence-electron chi connectivity index (χ1n) is 9.58. The van der Waals surface area contributed by atoms with Crippen LogP contribution in [0.1, 0.15) is 54.7 Å². The molecule has 0 radical (unpaired) electrons. The van der Waals surface area contributed by atoms with E-state index in [9.17, 15) is 9.59 Å². The average Bonchev–Trinajstić information content (AvgIpc) is 2.67. The highest BCUT2D eigenvalue weighted by Gasteiger charge is 2.30. The summed E-state index contributed by atoms with van der Waals surface area (Å²) in [4.78, 5) is 23.9. The number of carbonyl (C=O) groups is 2. The van der Waals surface area contributed by atoms with Gasteiger partial charge in [0.1, 0.15) is 12.4 Å². The molecule has 0 unspecified atom stereocenters. The van der Waals surface area contributed by atoms with Gasteiger partial charge >= 0.3 is 5.97 Å². The fourth-order valence-corrected chi connectivity index (χ4v) is 3.19. The van der Waals surface area contributed by atoms with Crippen LogP contribution < -0.4 is 4.74 Å². The smallest absolute Gasteiger partial charge is 0.314 e. The molecule has 2 rings (SSSR count). The van der Waals surface area contributed by atoms with Gasteiger partial charge in [-0.1, -0.05) is 37.3 Å². The summed E-state index contributed by atoms with van der Waals surface area (Å²) in [5.74, 6) is 0.521. The minimum absolute atomic E-state index is 0.0692. The molecule has 0 fully saturated rings. The zero-order valence-corrected chi connectivity index (χ0v) is 17.9. The van der Waals surface area contributed by atoms with Gasteiger partial charge in [0.15, 0.2) is 5.78 Å². The second kappa shape index (κ2) is 8.59. The maximum Gasteiger partial charge on any atom is 0.314 e. The van der Waals surface area contributed by atoms with Gasteiger partial charge < -0.3 is 9.47 Å². The Morgan fingerprint density at radius 2 is 1.75 bits per heavy atom. The summed E-state index contributed by atoms with van der Waals surface area (Å²) >= 11 is 0. The summed E-state index contributed by atoms with van der Waals surface area (Å²) in [7, 11) is 1.39. The van der Waals surface area contributed by atoms with Gasteiger partial charge in [-0.15, -0.1) is 0 Å². The Morgan fingerprint density at radius 3 is 2.32 bits per heavy atom. The third-order valence-corrected chi connectivity index (χ3v) is 5.17. The van der Waals surface area contributed by atoms with E-state index in [1.807, 2.05) is 39.0 Å². The van der Waals surface area contributed by atoms with Crippen molar-refractivity contribution in [2.45, 2.75) is 48.0 Å². The van der Waals surface area contributed by atoms with Crippen LogP contribution in [0.4, 0.5) is 0 Å². The van der Waals surface area contributed by atoms with E-state index in [4.69, 9.17) is 9.47 Å². The van der Waals surface area contributed by atoms with Crippen molar-refractivity contribution in [2.75, 3.05) is 13.7 Å². The number of hydrogen-bond donors (Lipinski definition) is 0. The monoisotopic (exact) mass is 382 g/mol. The van der Waals surface area contributed by atoms with E-state index in [1.54, 1.807) is 20.8 Å². The Morgan fingerprint density at radius 1 is 1.07 bits per heavy atom. The number of rotatable bonds is 7. The van der Waals surface area contributed by atoms with Gasteiger partial charge in [-0.2, -0.15) is 0 Å². The first-order chi connectivity index (χ1) is 13.1. The van der Waals surface area contributed by atoms with E-state index in [0.29, 0.717) is 0 Å². The zero-order chi connectivity index (χ0) is 21.1. The first kappa shape index (κ1) is 21.7. The number of ketones is 1. The molecule has 0 aliphatic rings. The molecule has 4 heteroatoms. The largest absolute Gasteiger partial charge is 0.491 e. The second-order valence-electron chi connectivity index (χ2n) is 7.83. The third-order valence-electron chi connectivity index (χ3n) is 5.17. The van der Waals surface area contributed by atoms with E-state index >= 15 is 0 Å². The lowest BCUT2D eigenvalue weighted by molar-refractivity contribution is -0.152. The third kappa shape index (κ3) is 4.44. The molecule has 0 aromatic heterocycles. The van der Waals surface area contributed by atoms with Gasteiger partial charge in [-0.05, 0) is 63.3 Å². The van der Waals surface area contributed by atoms with Gasteiger partial charge in [0.05, 0.1) is 12.5 Å². The van der Waals surface area contributed by atoms with Gasteiger partial charge in [0.2, 0.25) is 0 Å². The van der Waals surface area contributed by atoms with Crippen molar-refractivity contribution in [3.63, 3.8) is 0 Å². The molecule has 0 amide bonds. The van der Waals surface area contributed by atoms with Crippen LogP contribution >= 0.6 is 0 Å². The van der Waals surface area contributed by atoms with Gasteiger partial charge in [-0.3, -0.25) is 9.59 Å². The Hall–Kier alpha value is -2.62. The van der Waals surface area contributed by atoms with Crippen LogP contribution in [0.15, 0.2) is 30.3 Å². The summed E-state index contributed by atoms with van der Waals surface area (Å²) in [5.41, 5.74) is 5.12. The first-order valence-corrected chi connectivity index (χ1v) is 9.58. The fourth-order valence-electron chi connectivity index (χ4n) is 3.19. The van der Waals surface area contributed by atoms with E-state index in [-0.39, 0.29) is 18.4 Å². The van der Waals surface area contributed by atoms with Gasteiger partial charge in [0, 0.05) is 11.1 Å². The molecule has 0 atom stereocenters. The Labute approximate surface area is 167 Å². The minimum atomic E-state index is -0.755. The molecular weight excluding hydrogens is 352 g/mol. The standard InChI is InChI=1S/C24H30O4/c1-8-18-13-19(10-12-20(18)17(4)25)21-11-9-15(2)16(3)22(21)28-14-24(5,6)23(26)27-7/h9-13H,8,14H2,1-7H3. The number of carbonyl (C=O) groups excluding carboxylic acids is 2. The Kier molecular flexibility index (Phi) is 6.65. The number of benzene rings is 2. The van der Waals surface area contributed by atoms with Crippen LogP contribution in [-0.2, 0) is 16.0 Å². The maximum absolute atomic E-state index is 12.0. The van der Waals surface area contributed by atoms with Crippen molar-refractivity contribution in [3.05, 3.63) is 52.6 Å². The van der Waals surface area contributed by atoms with Crippen molar-refractivity contribution < 1.29 is 19.1 Å². The van der Waals surface area contributed by atoms with Crippen LogP contribution in [0.25, 0.3) is 11.1 Å². The number of aryl methyl sites for hydroxylation is 2. The number of Topliss-reactive ketones (excluding diaryl/α,β-unsaturated/α-hetero) is 1. The molecule has 0 spiro atoms. The van der Waals surface area contributed by atoms with Crippen molar-refractivity contribution in [3.8, 4) is 16.9 Å². The molecule has 0 saturated heterocycles. The molecule has 0 aliphatic carbocycles. The maximum atomic E-state index is 12.0. The van der Waals surface area contributed by atoms with Crippen LogP contribution in [0.2, 0.25) is 0 Å². The van der Waals surface area contributed by atoms with Gasteiger partial charge in [0.25, 0.3) is 0 Å². The summed E-state index contributed by atoms with van der Waals surface area (Å²) in [6.45, 7) is 11.5. The van der Waals surface area contributed by atoms with Gasteiger partial charge in [-0.25, -0.2) is 0 Å². The minimum Gasteiger partial charge on any atom is -0.491 e. The molecular formula is C24H30O4. The predicted octanol–water partition coefficient (Wildman–Crippen LogP) is 5.31. The Bertz CT molecular complexity index is 894. The predicted molar refractivity (Wildman–Crippen MR) is 112 cm³/mol. The van der Waals surface area contributed by atoms with E-state index in [1.165, 1.54) is 7.11 Å². The van der Waals surface area contributed by atoms with Crippen molar-refractivity contribution >= 4 is 11.8 Å². The van der Waals surface area contributed by atoms with Crippen molar-refractivity contribution in [1.29, 1.82) is 0 Å². The number of methoxy groups -OCH3 is 1. The normalized spacial score (nSPS) is 11.2. The van der Waals surface area contributed by atoms with E-state index in [0.717, 1.165) is 45.6 Å². The highest BCUT2D eigenvalue weighted by Crippen LogP contribution is 2.37. The molecule has 4 nitrogen and oxygen atoms in total. The highest BCUT2D eigenvalue weighted by atomic mass is 16.5. The number of ether oxygens (including phenoxy) is 2. The quantitative estimate of drug-likeness (QED) is 0.481. The van der Waals surface area contributed by atoms with Crippen molar-refractivity contribution in [2.24, 2.45) is 5.41 Å². The molecule has 28 heavy (non-hydrogen) atoms. The fraction of sp³-hybridized carbons (Fsp3) is 0.417. The summed E-state index contributed by atoms with van der Waals surface area (Å²) in [5, 5.41) is 0. The van der Waals surface area contributed by atoms with Crippen LogP contribution in [-0.4, -0.2) is 25.5 Å². The number of hydrogen-bond acceptors (Lipinski definition) is 4. The molecule has 0 aliphatic heterocycles. The average molecular weight is 383 g/mol. The zero-order valence-electron chi connectivity index (χ0n) is 17.9. The molecule has 150 valence electrons. The molecule has 2 aromatic carbocycles. The number of esters is 1. The SMILES string of the molecule is CCc1cc(-c2ccc(C)c(C)c2OCC(C)(C)C(=O)OC)ccc1C(C)=O. The van der Waals surface area contributed by atoms with E-state index in [2.05, 4.69) is 12.1 Å².